The van der Waals surface area contributed by atoms with Crippen molar-refractivity contribution in [2.45, 2.75) is 0 Å². The largest absolute Gasteiger partial charge is 0.497 e. The van der Waals surface area contributed by atoms with Crippen molar-refractivity contribution in [3.05, 3.63) is 36.4 Å². The Morgan fingerprint density at radius 1 is 1.08 bits per heavy atom. The van der Waals surface area contributed by atoms with E-state index in [1.54, 1.807) is 7.11 Å². The molecule has 0 aliphatic heterocycles. The lowest BCUT2D eigenvalue weighted by Gasteiger charge is -2.06. The van der Waals surface area contributed by atoms with Gasteiger partial charge in [-0.1, -0.05) is 30.3 Å². The molecule has 0 aliphatic carbocycles. The van der Waals surface area contributed by atoms with Crippen molar-refractivity contribution in [2.24, 2.45) is 0 Å². The summed E-state index contributed by atoms with van der Waals surface area (Å²) in [5.74, 6) is 1.02. The second kappa shape index (κ2) is 3.22. The van der Waals surface area contributed by atoms with Crippen LogP contribution in [0.3, 0.4) is 0 Å². The van der Waals surface area contributed by atoms with E-state index in [4.69, 9.17) is 4.74 Å². The number of methoxy groups -OCH3 is 1. The summed E-state index contributed by atoms with van der Waals surface area (Å²) in [6, 6.07) is 12.7. The Labute approximate surface area is 80.8 Å². The standard InChI is InChI=1S/C11H12OSi/c1-12-10-6-8-4-2-3-5-9(8)7-11(10)13/h2-7H,1,13H3. The van der Waals surface area contributed by atoms with E-state index >= 15 is 0 Å². The Balaban J connectivity index is 2.74. The number of fused-ring (bicyclic) bond motifs is 1. The number of rotatable bonds is 1. The first-order valence-electron chi connectivity index (χ1n) is 4.34. The maximum Gasteiger partial charge on any atom is 0.117 e. The average molecular weight is 188 g/mol. The minimum Gasteiger partial charge on any atom is -0.497 e. The smallest absolute Gasteiger partial charge is 0.117 e. The van der Waals surface area contributed by atoms with Crippen LogP contribution in [0.1, 0.15) is 0 Å². The van der Waals surface area contributed by atoms with Crippen LogP contribution in [0.15, 0.2) is 36.4 Å². The molecule has 13 heavy (non-hydrogen) atoms. The van der Waals surface area contributed by atoms with E-state index in [-0.39, 0.29) is 0 Å². The van der Waals surface area contributed by atoms with Gasteiger partial charge in [-0.3, -0.25) is 0 Å². The maximum atomic E-state index is 5.29. The molecule has 2 aromatic carbocycles. The van der Waals surface area contributed by atoms with Crippen LogP contribution in [0.2, 0.25) is 0 Å². The highest BCUT2D eigenvalue weighted by atomic mass is 28.1. The molecule has 0 radical (unpaired) electrons. The van der Waals surface area contributed by atoms with Gasteiger partial charge in [0.25, 0.3) is 0 Å². The number of hydrogen-bond donors (Lipinski definition) is 0. The van der Waals surface area contributed by atoms with Gasteiger partial charge in [-0.05, 0) is 22.0 Å². The van der Waals surface area contributed by atoms with Crippen LogP contribution in [0, 0.1) is 0 Å². The zero-order valence-electron chi connectivity index (χ0n) is 7.87. The van der Waals surface area contributed by atoms with Crippen LogP contribution in [-0.2, 0) is 0 Å². The Hall–Kier alpha value is -1.28. The molecule has 0 saturated carbocycles. The van der Waals surface area contributed by atoms with Crippen molar-refractivity contribution in [3.8, 4) is 5.75 Å². The molecule has 0 spiro atoms. The van der Waals surface area contributed by atoms with Crippen LogP contribution in [-0.4, -0.2) is 17.4 Å². The van der Waals surface area contributed by atoms with Crippen molar-refractivity contribution in [3.63, 3.8) is 0 Å². The van der Waals surface area contributed by atoms with Gasteiger partial charge in [-0.25, -0.2) is 0 Å². The minimum atomic E-state index is 1.02. The molecule has 0 unspecified atom stereocenters. The van der Waals surface area contributed by atoms with E-state index < -0.39 is 0 Å². The molecular formula is C11H12OSi. The highest BCUT2D eigenvalue weighted by Gasteiger charge is 1.99. The van der Waals surface area contributed by atoms with Crippen molar-refractivity contribution >= 4 is 26.2 Å². The molecule has 1 nitrogen and oxygen atoms in total. The fraction of sp³-hybridized carbons (Fsp3) is 0.0909. The lowest BCUT2D eigenvalue weighted by atomic mass is 10.1. The van der Waals surface area contributed by atoms with Gasteiger partial charge in [0.2, 0.25) is 0 Å². The van der Waals surface area contributed by atoms with Gasteiger partial charge in [-0.15, -0.1) is 0 Å². The monoisotopic (exact) mass is 188 g/mol. The van der Waals surface area contributed by atoms with Gasteiger partial charge in [0.15, 0.2) is 0 Å². The first-order valence-corrected chi connectivity index (χ1v) is 5.34. The third-order valence-electron chi connectivity index (χ3n) is 2.26. The SMILES string of the molecule is COc1cc2ccccc2cc1[SiH3]. The molecule has 0 bridgehead atoms. The zero-order valence-corrected chi connectivity index (χ0v) is 9.87. The van der Waals surface area contributed by atoms with Crippen LogP contribution in [0.25, 0.3) is 10.8 Å². The van der Waals surface area contributed by atoms with Crippen molar-refractivity contribution in [2.75, 3.05) is 7.11 Å². The summed E-state index contributed by atoms with van der Waals surface area (Å²) in [6.07, 6.45) is 0. The predicted octanol–water partition coefficient (Wildman–Crippen LogP) is 0.839. The lowest BCUT2D eigenvalue weighted by molar-refractivity contribution is 0.419. The second-order valence-electron chi connectivity index (χ2n) is 3.17. The fourth-order valence-electron chi connectivity index (χ4n) is 1.55. The Morgan fingerprint density at radius 3 is 2.31 bits per heavy atom. The highest BCUT2D eigenvalue weighted by molar-refractivity contribution is 6.35. The van der Waals surface area contributed by atoms with E-state index in [1.807, 2.05) is 0 Å². The van der Waals surface area contributed by atoms with Gasteiger partial charge < -0.3 is 4.74 Å². The average Bonchev–Trinajstić information content (AvgIpc) is 2.17. The van der Waals surface area contributed by atoms with Gasteiger partial charge >= 0.3 is 0 Å². The molecular weight excluding hydrogens is 176 g/mol. The Kier molecular flexibility index (Phi) is 2.06. The van der Waals surface area contributed by atoms with Crippen LogP contribution in [0.4, 0.5) is 0 Å². The van der Waals surface area contributed by atoms with Gasteiger partial charge in [0.05, 0.1) is 7.11 Å². The lowest BCUT2D eigenvalue weighted by Crippen LogP contribution is -2.06. The summed E-state index contributed by atoms with van der Waals surface area (Å²) >= 11 is 0. The molecule has 0 amide bonds. The molecule has 0 aromatic heterocycles. The van der Waals surface area contributed by atoms with Gasteiger partial charge in [-0.2, -0.15) is 0 Å². The molecule has 2 aromatic rings. The van der Waals surface area contributed by atoms with E-state index in [0.717, 1.165) is 16.0 Å². The van der Waals surface area contributed by atoms with Gasteiger partial charge in [0, 0.05) is 10.2 Å². The summed E-state index contributed by atoms with van der Waals surface area (Å²) < 4.78 is 5.29. The first kappa shape index (κ1) is 8.32. The Bertz CT molecular complexity index is 437. The number of ether oxygens (including phenoxy) is 1. The highest BCUT2D eigenvalue weighted by Crippen LogP contribution is 2.17. The third-order valence-corrected chi connectivity index (χ3v) is 3.04. The first-order chi connectivity index (χ1) is 6.31. The van der Waals surface area contributed by atoms with E-state index in [9.17, 15) is 0 Å². The molecule has 0 atom stereocenters. The van der Waals surface area contributed by atoms with Crippen molar-refractivity contribution in [1.82, 2.24) is 0 Å². The van der Waals surface area contributed by atoms with E-state index in [1.165, 1.54) is 16.0 Å². The summed E-state index contributed by atoms with van der Waals surface area (Å²) in [5.41, 5.74) is 0. The molecule has 2 heteroatoms. The summed E-state index contributed by atoms with van der Waals surface area (Å²) in [7, 11) is 2.76. The van der Waals surface area contributed by atoms with E-state index in [0.29, 0.717) is 0 Å². The van der Waals surface area contributed by atoms with Crippen LogP contribution in [0.5, 0.6) is 5.75 Å². The van der Waals surface area contributed by atoms with Crippen molar-refractivity contribution in [1.29, 1.82) is 0 Å². The fourth-order valence-corrected chi connectivity index (χ4v) is 2.21. The minimum absolute atomic E-state index is 1.02. The maximum absolute atomic E-state index is 5.29. The van der Waals surface area contributed by atoms with Crippen molar-refractivity contribution < 1.29 is 4.74 Å². The zero-order chi connectivity index (χ0) is 9.26. The molecule has 0 N–H and O–H groups in total. The second-order valence-corrected chi connectivity index (χ2v) is 4.25. The molecule has 0 heterocycles. The molecule has 0 fully saturated rings. The number of hydrogen-bond acceptors (Lipinski definition) is 1. The van der Waals surface area contributed by atoms with Crippen LogP contribution >= 0.6 is 0 Å². The molecule has 66 valence electrons. The topological polar surface area (TPSA) is 9.23 Å². The molecule has 0 saturated heterocycles. The third kappa shape index (κ3) is 1.45. The summed E-state index contributed by atoms with van der Waals surface area (Å²) in [4.78, 5) is 0. The molecule has 0 aliphatic rings. The van der Waals surface area contributed by atoms with Gasteiger partial charge in [0.1, 0.15) is 5.75 Å². The quantitative estimate of drug-likeness (QED) is 0.603. The summed E-state index contributed by atoms with van der Waals surface area (Å²) in [6.45, 7) is 0. The number of benzene rings is 2. The normalized spacial score (nSPS) is 10.5. The molecule has 2 rings (SSSR count). The van der Waals surface area contributed by atoms with E-state index in [2.05, 4.69) is 36.4 Å². The summed E-state index contributed by atoms with van der Waals surface area (Å²) in [5, 5.41) is 3.87. The predicted molar refractivity (Wildman–Crippen MR) is 60.1 cm³/mol. The van der Waals surface area contributed by atoms with Crippen LogP contribution < -0.4 is 9.92 Å². The Morgan fingerprint density at radius 2 is 1.69 bits per heavy atom.